The van der Waals surface area contributed by atoms with Gasteiger partial charge in [0.05, 0.1) is 5.69 Å². The molecule has 0 spiro atoms. The number of ether oxygens (including phenoxy) is 1. The molecule has 30 heavy (non-hydrogen) atoms. The first-order chi connectivity index (χ1) is 14.4. The number of carbonyl (C=O) groups excluding carboxylic acids is 1. The van der Waals surface area contributed by atoms with Crippen molar-refractivity contribution in [2.24, 2.45) is 0 Å². The molecule has 0 radical (unpaired) electrons. The van der Waals surface area contributed by atoms with E-state index in [0.29, 0.717) is 5.75 Å². The molecule has 152 valence electrons. The van der Waals surface area contributed by atoms with E-state index in [1.54, 1.807) is 6.07 Å². The van der Waals surface area contributed by atoms with Crippen molar-refractivity contribution in [2.75, 3.05) is 5.32 Å². The molecule has 2 aromatic carbocycles. The highest BCUT2D eigenvalue weighted by atomic mass is 19.1. The summed E-state index contributed by atoms with van der Waals surface area (Å²) in [6, 6.07) is 11.5. The lowest BCUT2D eigenvalue weighted by Gasteiger charge is -2.07. The van der Waals surface area contributed by atoms with Gasteiger partial charge in [-0.3, -0.25) is 4.79 Å². The number of para-hydroxylation sites is 1. The van der Waals surface area contributed by atoms with Crippen LogP contribution in [0.25, 0.3) is 5.65 Å². The average molecular weight is 407 g/mol. The van der Waals surface area contributed by atoms with Gasteiger partial charge in [-0.25, -0.2) is 23.3 Å². The summed E-state index contributed by atoms with van der Waals surface area (Å²) < 4.78 is 21.8. The zero-order chi connectivity index (χ0) is 21.3. The monoisotopic (exact) mass is 407 g/mol. The smallest absolute Gasteiger partial charge is 0.351 e. The number of carbonyl (C=O) groups is 1. The Morgan fingerprint density at radius 2 is 1.90 bits per heavy atom. The van der Waals surface area contributed by atoms with Crippen LogP contribution >= 0.6 is 0 Å². The van der Waals surface area contributed by atoms with Gasteiger partial charge >= 0.3 is 5.69 Å². The summed E-state index contributed by atoms with van der Waals surface area (Å²) >= 11 is 0. The van der Waals surface area contributed by atoms with Crippen LogP contribution in [0.15, 0.2) is 59.7 Å². The summed E-state index contributed by atoms with van der Waals surface area (Å²) in [6.07, 6.45) is 2.85. The summed E-state index contributed by atoms with van der Waals surface area (Å²) in [5.41, 5.74) is 1.69. The molecule has 2 heterocycles. The van der Waals surface area contributed by atoms with Crippen LogP contribution in [0, 0.1) is 19.7 Å². The van der Waals surface area contributed by atoms with Crippen LogP contribution in [-0.2, 0) is 11.3 Å². The van der Waals surface area contributed by atoms with Crippen LogP contribution in [0.5, 0.6) is 11.6 Å². The fraction of sp³-hybridized carbons (Fsp3) is 0.143. The highest BCUT2D eigenvalue weighted by molar-refractivity contribution is 5.90. The lowest BCUT2D eigenvalue weighted by molar-refractivity contribution is -0.117. The predicted octanol–water partition coefficient (Wildman–Crippen LogP) is 3.08. The van der Waals surface area contributed by atoms with Crippen molar-refractivity contribution in [3.05, 3.63) is 82.3 Å². The number of fused-ring (bicyclic) bond motifs is 1. The van der Waals surface area contributed by atoms with E-state index in [2.05, 4.69) is 15.4 Å². The second-order valence-corrected chi connectivity index (χ2v) is 6.82. The van der Waals surface area contributed by atoms with Crippen molar-refractivity contribution in [1.29, 1.82) is 0 Å². The lowest BCUT2D eigenvalue weighted by atomic mass is 10.1. The first-order valence-electron chi connectivity index (χ1n) is 9.15. The highest BCUT2D eigenvalue weighted by Crippen LogP contribution is 2.24. The van der Waals surface area contributed by atoms with Crippen LogP contribution in [0.4, 0.5) is 10.1 Å². The third-order valence-corrected chi connectivity index (χ3v) is 4.32. The Hall–Kier alpha value is -4.01. The molecule has 4 aromatic rings. The molecule has 4 rings (SSSR count). The number of benzene rings is 2. The summed E-state index contributed by atoms with van der Waals surface area (Å²) in [4.78, 5) is 29.1. The van der Waals surface area contributed by atoms with Crippen LogP contribution < -0.4 is 15.7 Å². The van der Waals surface area contributed by atoms with E-state index in [0.717, 1.165) is 15.8 Å². The molecule has 0 bridgehead atoms. The Labute approximate surface area is 170 Å². The fourth-order valence-electron chi connectivity index (χ4n) is 3.09. The number of rotatable bonds is 5. The van der Waals surface area contributed by atoms with Crippen LogP contribution in [0.3, 0.4) is 0 Å². The number of aryl methyl sites for hydroxylation is 2. The number of aromatic nitrogens is 4. The van der Waals surface area contributed by atoms with E-state index in [9.17, 15) is 14.0 Å². The van der Waals surface area contributed by atoms with Crippen molar-refractivity contribution >= 4 is 17.2 Å². The summed E-state index contributed by atoms with van der Waals surface area (Å²) in [6.45, 7) is 3.50. The molecule has 0 aliphatic heterocycles. The SMILES string of the molecule is Cc1cc(C)cc(Oc2nccn3c(=O)n(CC(=O)Nc4ccccc4F)nc23)c1. The number of nitrogens with one attached hydrogen (secondary N) is 1. The summed E-state index contributed by atoms with van der Waals surface area (Å²) in [7, 11) is 0. The lowest BCUT2D eigenvalue weighted by Crippen LogP contribution is -2.28. The number of halogens is 1. The van der Waals surface area contributed by atoms with Crippen molar-refractivity contribution in [3.8, 4) is 11.6 Å². The molecule has 0 aliphatic carbocycles. The molecule has 9 heteroatoms. The highest BCUT2D eigenvalue weighted by Gasteiger charge is 2.16. The molecule has 0 unspecified atom stereocenters. The average Bonchev–Trinajstić information content (AvgIpc) is 3.00. The third-order valence-electron chi connectivity index (χ3n) is 4.32. The molecule has 0 saturated heterocycles. The molecule has 0 fully saturated rings. The van der Waals surface area contributed by atoms with Gasteiger partial charge in [0.25, 0.3) is 5.88 Å². The maximum Gasteiger partial charge on any atom is 0.351 e. The van der Waals surface area contributed by atoms with Gasteiger partial charge in [-0.1, -0.05) is 18.2 Å². The Morgan fingerprint density at radius 3 is 2.63 bits per heavy atom. The largest absolute Gasteiger partial charge is 0.436 e. The van der Waals surface area contributed by atoms with Gasteiger partial charge < -0.3 is 10.1 Å². The topological polar surface area (TPSA) is 90.5 Å². The normalized spacial score (nSPS) is 10.9. The minimum absolute atomic E-state index is 0.0276. The molecule has 0 aliphatic rings. The van der Waals surface area contributed by atoms with Crippen molar-refractivity contribution < 1.29 is 13.9 Å². The maximum atomic E-state index is 13.7. The van der Waals surface area contributed by atoms with Crippen molar-refractivity contribution in [3.63, 3.8) is 0 Å². The van der Waals surface area contributed by atoms with E-state index in [4.69, 9.17) is 4.74 Å². The molecule has 0 saturated carbocycles. The maximum absolute atomic E-state index is 13.7. The molecular formula is C21H18FN5O3. The fourth-order valence-corrected chi connectivity index (χ4v) is 3.09. The van der Waals surface area contributed by atoms with Crippen LogP contribution in [-0.4, -0.2) is 25.1 Å². The Morgan fingerprint density at radius 1 is 1.17 bits per heavy atom. The number of nitrogens with zero attached hydrogens (tertiary/aromatic N) is 4. The molecule has 0 atom stereocenters. The molecule has 1 amide bonds. The van der Waals surface area contributed by atoms with Crippen LogP contribution in [0.1, 0.15) is 11.1 Å². The quantitative estimate of drug-likeness (QED) is 0.549. The number of hydrogen-bond acceptors (Lipinski definition) is 5. The minimum atomic E-state index is -0.588. The van der Waals surface area contributed by atoms with Gasteiger partial charge in [0.15, 0.2) is 0 Å². The Balaban J connectivity index is 1.62. The van der Waals surface area contributed by atoms with Gasteiger partial charge in [0, 0.05) is 12.4 Å². The first kappa shape index (κ1) is 19.3. The second-order valence-electron chi connectivity index (χ2n) is 6.82. The zero-order valence-corrected chi connectivity index (χ0v) is 16.3. The molecular weight excluding hydrogens is 389 g/mol. The van der Waals surface area contributed by atoms with Gasteiger partial charge in [-0.05, 0) is 49.2 Å². The van der Waals surface area contributed by atoms with E-state index in [1.165, 1.54) is 35.0 Å². The second kappa shape index (κ2) is 7.78. The van der Waals surface area contributed by atoms with E-state index in [1.807, 2.05) is 32.0 Å². The van der Waals surface area contributed by atoms with E-state index >= 15 is 0 Å². The molecule has 8 nitrogen and oxygen atoms in total. The van der Waals surface area contributed by atoms with E-state index in [-0.39, 0.29) is 17.2 Å². The van der Waals surface area contributed by atoms with Crippen molar-refractivity contribution in [2.45, 2.75) is 20.4 Å². The number of amides is 1. The van der Waals surface area contributed by atoms with Gasteiger partial charge in [0.1, 0.15) is 18.1 Å². The van der Waals surface area contributed by atoms with Crippen LogP contribution in [0.2, 0.25) is 0 Å². The standard InChI is InChI=1S/C21H18FN5O3/c1-13-9-14(2)11-15(10-13)30-20-19-25-27(21(29)26(19)8-7-23-20)12-18(28)24-17-6-4-3-5-16(17)22/h3-11H,12H2,1-2H3,(H,24,28). The Kier molecular flexibility index (Phi) is 5.01. The van der Waals surface area contributed by atoms with Crippen molar-refractivity contribution in [1.82, 2.24) is 19.2 Å². The molecule has 2 aromatic heterocycles. The number of hydrogen-bond donors (Lipinski definition) is 1. The summed E-state index contributed by atoms with van der Waals surface area (Å²) in [5, 5.41) is 6.61. The summed E-state index contributed by atoms with van der Waals surface area (Å²) in [5.74, 6) is -0.461. The first-order valence-corrected chi connectivity index (χ1v) is 9.15. The Bertz CT molecular complexity index is 1290. The molecule has 1 N–H and O–H groups in total. The van der Waals surface area contributed by atoms with E-state index < -0.39 is 24.0 Å². The predicted molar refractivity (Wildman–Crippen MR) is 108 cm³/mol. The minimum Gasteiger partial charge on any atom is -0.436 e. The third kappa shape index (κ3) is 3.90. The van der Waals surface area contributed by atoms with Gasteiger partial charge in [-0.15, -0.1) is 5.10 Å². The number of anilines is 1. The van der Waals surface area contributed by atoms with Gasteiger partial charge in [0.2, 0.25) is 11.6 Å². The van der Waals surface area contributed by atoms with Gasteiger partial charge in [-0.2, -0.15) is 0 Å². The zero-order valence-electron chi connectivity index (χ0n) is 16.3.